The quantitative estimate of drug-likeness (QED) is 0.409. The molecule has 0 aliphatic carbocycles. The first-order valence-electron chi connectivity index (χ1n) is 6.39. The fraction of sp³-hybridized carbons (Fsp3) is 0.0714. The van der Waals surface area contributed by atoms with Crippen LogP contribution < -0.4 is 5.32 Å². The number of non-ortho nitro benzene ring substituents is 1. The lowest BCUT2D eigenvalue weighted by atomic mass is 10.3. The molecule has 1 heterocycles. The Bertz CT molecular complexity index is 869. The lowest BCUT2D eigenvalue weighted by molar-refractivity contribution is -0.384. The van der Waals surface area contributed by atoms with Crippen LogP contribution in [-0.2, 0) is 0 Å². The smallest absolute Gasteiger partial charge is 0.300 e. The molecule has 0 saturated heterocycles. The number of oxazole rings is 1. The molecule has 0 fully saturated rings. The molecule has 3 aromatic rings. The van der Waals surface area contributed by atoms with Crippen molar-refractivity contribution < 1.29 is 18.1 Å². The Morgan fingerprint density at radius 3 is 2.78 bits per heavy atom. The van der Waals surface area contributed by atoms with Crippen LogP contribution in [0.1, 0.15) is 0 Å². The van der Waals surface area contributed by atoms with Crippen LogP contribution in [0.25, 0.3) is 11.1 Å². The first-order valence-corrected chi connectivity index (χ1v) is 7.27. The molecule has 0 atom stereocenters. The van der Waals surface area contributed by atoms with Crippen molar-refractivity contribution in [2.45, 2.75) is 10.7 Å². The number of benzene rings is 2. The number of hydrogen-bond acceptors (Lipinski definition) is 6. The van der Waals surface area contributed by atoms with E-state index in [0.29, 0.717) is 27.9 Å². The van der Waals surface area contributed by atoms with Crippen molar-refractivity contribution >= 4 is 40.3 Å². The van der Waals surface area contributed by atoms with Gasteiger partial charge in [-0.05, 0) is 18.2 Å². The first-order chi connectivity index (χ1) is 11.0. The minimum atomic E-state index is -2.55. The Hall–Kier alpha value is -2.68. The summed E-state index contributed by atoms with van der Waals surface area (Å²) in [6, 6.07) is 10.6. The van der Waals surface area contributed by atoms with Crippen LogP contribution in [0.3, 0.4) is 0 Å². The van der Waals surface area contributed by atoms with Crippen molar-refractivity contribution in [3.05, 3.63) is 52.6 Å². The SMILES string of the molecule is O=[N+]([O-])c1ccc2nc(Nc3ccccc3SC(F)F)oc2c1. The maximum absolute atomic E-state index is 12.6. The highest BCUT2D eigenvalue weighted by Crippen LogP contribution is 2.34. The number of thioether (sulfide) groups is 1. The summed E-state index contributed by atoms with van der Waals surface area (Å²) in [5, 5.41) is 13.6. The van der Waals surface area contributed by atoms with Gasteiger partial charge in [-0.1, -0.05) is 23.9 Å². The summed E-state index contributed by atoms with van der Waals surface area (Å²) < 4.78 is 30.5. The fourth-order valence-electron chi connectivity index (χ4n) is 1.96. The molecule has 118 valence electrons. The van der Waals surface area contributed by atoms with Gasteiger partial charge in [0, 0.05) is 11.0 Å². The summed E-state index contributed by atoms with van der Waals surface area (Å²) in [5.41, 5.74) is 0.963. The molecule has 2 aromatic carbocycles. The van der Waals surface area contributed by atoms with Crippen LogP contribution in [0.4, 0.5) is 26.2 Å². The van der Waals surface area contributed by atoms with E-state index in [1.165, 1.54) is 18.2 Å². The zero-order valence-corrected chi connectivity index (χ0v) is 12.2. The zero-order chi connectivity index (χ0) is 16.4. The number of hydrogen-bond donors (Lipinski definition) is 1. The highest BCUT2D eigenvalue weighted by atomic mass is 32.2. The van der Waals surface area contributed by atoms with Crippen molar-refractivity contribution in [2.24, 2.45) is 0 Å². The van der Waals surface area contributed by atoms with Crippen molar-refractivity contribution in [2.75, 3.05) is 5.32 Å². The van der Waals surface area contributed by atoms with E-state index in [2.05, 4.69) is 10.3 Å². The average Bonchev–Trinajstić information content (AvgIpc) is 2.90. The van der Waals surface area contributed by atoms with E-state index >= 15 is 0 Å². The highest BCUT2D eigenvalue weighted by molar-refractivity contribution is 7.99. The number of nitro groups is 1. The molecule has 0 amide bonds. The molecule has 0 radical (unpaired) electrons. The number of aromatic nitrogens is 1. The van der Waals surface area contributed by atoms with Gasteiger partial charge in [0.15, 0.2) is 5.58 Å². The van der Waals surface area contributed by atoms with Gasteiger partial charge in [0.25, 0.3) is 17.5 Å². The molecule has 23 heavy (non-hydrogen) atoms. The molecule has 6 nitrogen and oxygen atoms in total. The molecule has 0 saturated carbocycles. The predicted molar refractivity (Wildman–Crippen MR) is 82.2 cm³/mol. The number of nitrogens with one attached hydrogen (secondary N) is 1. The number of nitrogens with zero attached hydrogens (tertiary/aromatic N) is 2. The second-order valence-corrected chi connectivity index (χ2v) is 5.46. The maximum atomic E-state index is 12.6. The van der Waals surface area contributed by atoms with Crippen molar-refractivity contribution in [3.63, 3.8) is 0 Å². The minimum absolute atomic E-state index is 0.0721. The van der Waals surface area contributed by atoms with Gasteiger partial charge >= 0.3 is 0 Å². The van der Waals surface area contributed by atoms with Gasteiger partial charge in [0.05, 0.1) is 16.7 Å². The van der Waals surface area contributed by atoms with Crippen molar-refractivity contribution in [1.29, 1.82) is 0 Å². The fourth-order valence-corrected chi connectivity index (χ4v) is 2.56. The van der Waals surface area contributed by atoms with Gasteiger partial charge < -0.3 is 9.73 Å². The van der Waals surface area contributed by atoms with Crippen LogP contribution in [0.5, 0.6) is 0 Å². The number of halogens is 2. The Labute approximate surface area is 132 Å². The van der Waals surface area contributed by atoms with Gasteiger partial charge in [-0.2, -0.15) is 13.8 Å². The summed E-state index contributed by atoms with van der Waals surface area (Å²) in [4.78, 5) is 14.7. The van der Waals surface area contributed by atoms with E-state index in [1.54, 1.807) is 24.3 Å². The standard InChI is InChI=1S/C14H9F2N3O3S/c15-13(16)23-12-4-2-1-3-10(12)18-14-17-9-6-5-8(19(20)21)7-11(9)22-14/h1-7,13H,(H,17,18). The molecule has 1 aromatic heterocycles. The lowest BCUT2D eigenvalue weighted by Crippen LogP contribution is -1.93. The monoisotopic (exact) mass is 337 g/mol. The maximum Gasteiger partial charge on any atom is 0.300 e. The Morgan fingerprint density at radius 2 is 2.04 bits per heavy atom. The van der Waals surface area contributed by atoms with Gasteiger partial charge in [-0.15, -0.1) is 0 Å². The number of rotatable bonds is 5. The third-order valence-electron chi connectivity index (χ3n) is 2.93. The predicted octanol–water partition coefficient (Wildman–Crippen LogP) is 4.79. The molecule has 3 rings (SSSR count). The molecule has 1 N–H and O–H groups in total. The van der Waals surface area contributed by atoms with Gasteiger partial charge in [-0.3, -0.25) is 10.1 Å². The highest BCUT2D eigenvalue weighted by Gasteiger charge is 2.14. The van der Waals surface area contributed by atoms with Crippen LogP contribution in [-0.4, -0.2) is 15.7 Å². The lowest BCUT2D eigenvalue weighted by Gasteiger charge is -2.08. The van der Waals surface area contributed by atoms with Gasteiger partial charge in [0.1, 0.15) is 5.52 Å². The van der Waals surface area contributed by atoms with Crippen LogP contribution in [0.2, 0.25) is 0 Å². The topological polar surface area (TPSA) is 81.2 Å². The minimum Gasteiger partial charge on any atom is -0.423 e. The molecular weight excluding hydrogens is 328 g/mol. The normalized spacial score (nSPS) is 11.1. The third kappa shape index (κ3) is 3.39. The van der Waals surface area contributed by atoms with Crippen LogP contribution in [0.15, 0.2) is 51.8 Å². The van der Waals surface area contributed by atoms with Crippen molar-refractivity contribution in [3.8, 4) is 0 Å². The van der Waals surface area contributed by atoms with E-state index in [-0.39, 0.29) is 17.3 Å². The zero-order valence-electron chi connectivity index (χ0n) is 11.4. The summed E-state index contributed by atoms with van der Waals surface area (Å²) in [5.74, 6) is -2.55. The summed E-state index contributed by atoms with van der Waals surface area (Å²) in [6.45, 7) is 0. The number of para-hydroxylation sites is 1. The molecular formula is C14H9F2N3O3S. The number of fused-ring (bicyclic) bond motifs is 1. The largest absolute Gasteiger partial charge is 0.423 e. The molecule has 0 unspecified atom stereocenters. The second kappa shape index (κ2) is 6.21. The van der Waals surface area contributed by atoms with Gasteiger partial charge in [0.2, 0.25) is 0 Å². The molecule has 9 heteroatoms. The molecule has 0 aliphatic rings. The molecule has 0 aliphatic heterocycles. The number of anilines is 2. The van der Waals surface area contributed by atoms with E-state index in [0.717, 1.165) is 0 Å². The van der Waals surface area contributed by atoms with E-state index in [9.17, 15) is 18.9 Å². The average molecular weight is 337 g/mol. The van der Waals surface area contributed by atoms with Gasteiger partial charge in [-0.25, -0.2) is 0 Å². The number of alkyl halides is 2. The summed E-state index contributed by atoms with van der Waals surface area (Å²) in [7, 11) is 0. The van der Waals surface area contributed by atoms with Crippen molar-refractivity contribution in [1.82, 2.24) is 4.98 Å². The summed E-state index contributed by atoms with van der Waals surface area (Å²) >= 11 is 0.403. The van der Waals surface area contributed by atoms with E-state index in [1.807, 2.05) is 0 Å². The Balaban J connectivity index is 1.91. The second-order valence-electron chi connectivity index (χ2n) is 4.43. The molecule has 0 bridgehead atoms. The third-order valence-corrected chi connectivity index (χ3v) is 3.72. The van der Waals surface area contributed by atoms with Crippen LogP contribution in [0, 0.1) is 10.1 Å². The number of nitro benzene ring substituents is 1. The summed E-state index contributed by atoms with van der Waals surface area (Å²) in [6.07, 6.45) is 0. The first kappa shape index (κ1) is 15.2. The molecule has 0 spiro atoms. The van der Waals surface area contributed by atoms with Crippen LogP contribution >= 0.6 is 11.8 Å². The van der Waals surface area contributed by atoms with E-state index < -0.39 is 10.7 Å². The Morgan fingerprint density at radius 1 is 1.26 bits per heavy atom. The Kier molecular flexibility index (Phi) is 4.11. The van der Waals surface area contributed by atoms with E-state index in [4.69, 9.17) is 4.42 Å².